The fraction of sp³-hybridized carbons (Fsp3) is 0.333. The average Bonchev–Trinajstić information content (AvgIpc) is 2.67. The Balaban J connectivity index is 1.72. The van der Waals surface area contributed by atoms with E-state index in [9.17, 15) is 20.0 Å². The van der Waals surface area contributed by atoms with Gasteiger partial charge < -0.3 is 10.4 Å². The molecular formula is C21H21N3O3S. The molecule has 1 aliphatic rings. The molecule has 1 heterocycles. The molecule has 7 heteroatoms. The SMILES string of the molecule is N#Cc1cc2c(nc1SCC(=O)Nc1ccccc1C(=O)O)CCCCCC2. The summed E-state index contributed by atoms with van der Waals surface area (Å²) in [4.78, 5) is 28.2. The molecule has 0 saturated heterocycles. The smallest absolute Gasteiger partial charge is 0.337 e. The third-order valence-corrected chi connectivity index (χ3v) is 5.65. The van der Waals surface area contributed by atoms with E-state index in [4.69, 9.17) is 0 Å². The first-order chi connectivity index (χ1) is 13.6. The molecule has 1 aromatic heterocycles. The number of fused-ring (bicyclic) bond motifs is 1. The van der Waals surface area contributed by atoms with Crippen LogP contribution in [0.25, 0.3) is 0 Å². The third kappa shape index (κ3) is 4.90. The molecule has 3 rings (SSSR count). The predicted octanol–water partition coefficient (Wildman–Crippen LogP) is 4.04. The standard InChI is InChI=1S/C21H21N3O3S/c22-12-15-11-14-7-3-1-2-4-9-17(14)24-20(15)28-13-19(25)23-18-10-6-5-8-16(18)21(26)27/h5-6,8,10-11H,1-4,7,9,13H2,(H,23,25)(H,26,27). The number of nitrogens with zero attached hydrogens (tertiary/aromatic N) is 2. The number of nitrogens with one attached hydrogen (secondary N) is 1. The van der Waals surface area contributed by atoms with Gasteiger partial charge in [0, 0.05) is 5.69 Å². The summed E-state index contributed by atoms with van der Waals surface area (Å²) in [5, 5.41) is 21.9. The van der Waals surface area contributed by atoms with E-state index in [1.54, 1.807) is 18.2 Å². The lowest BCUT2D eigenvalue weighted by Gasteiger charge is -2.15. The molecule has 0 radical (unpaired) electrons. The minimum absolute atomic E-state index is 0.0396. The number of thioether (sulfide) groups is 1. The molecule has 0 aliphatic heterocycles. The lowest BCUT2D eigenvalue weighted by atomic mass is 9.96. The lowest BCUT2D eigenvalue weighted by molar-refractivity contribution is -0.113. The Labute approximate surface area is 168 Å². The summed E-state index contributed by atoms with van der Waals surface area (Å²) in [6.45, 7) is 0. The predicted molar refractivity (Wildman–Crippen MR) is 108 cm³/mol. The molecule has 0 atom stereocenters. The number of aromatic carboxylic acids is 1. The minimum atomic E-state index is -1.10. The van der Waals surface area contributed by atoms with Crippen LogP contribution in [0.1, 0.15) is 52.9 Å². The van der Waals surface area contributed by atoms with Crippen molar-refractivity contribution in [3.63, 3.8) is 0 Å². The van der Waals surface area contributed by atoms with Crippen molar-refractivity contribution >= 4 is 29.3 Å². The Morgan fingerprint density at radius 3 is 2.68 bits per heavy atom. The number of benzene rings is 1. The van der Waals surface area contributed by atoms with E-state index < -0.39 is 5.97 Å². The van der Waals surface area contributed by atoms with E-state index in [0.29, 0.717) is 10.6 Å². The second-order valence-corrected chi connectivity index (χ2v) is 7.62. The van der Waals surface area contributed by atoms with Crippen molar-refractivity contribution in [2.75, 3.05) is 11.1 Å². The van der Waals surface area contributed by atoms with Gasteiger partial charge in [-0.05, 0) is 49.4 Å². The van der Waals surface area contributed by atoms with E-state index in [-0.39, 0.29) is 22.9 Å². The maximum Gasteiger partial charge on any atom is 0.337 e. The van der Waals surface area contributed by atoms with Gasteiger partial charge in [0.2, 0.25) is 5.91 Å². The summed E-state index contributed by atoms with van der Waals surface area (Å²) < 4.78 is 0. The quantitative estimate of drug-likeness (QED) is 0.741. The number of carboxylic acid groups (broad SMARTS) is 1. The van der Waals surface area contributed by atoms with Gasteiger partial charge in [-0.15, -0.1) is 0 Å². The highest BCUT2D eigenvalue weighted by Gasteiger charge is 2.16. The zero-order chi connectivity index (χ0) is 19.9. The number of pyridine rings is 1. The number of hydrogen-bond acceptors (Lipinski definition) is 5. The molecular weight excluding hydrogens is 374 g/mol. The van der Waals surface area contributed by atoms with Crippen LogP contribution in [0.2, 0.25) is 0 Å². The van der Waals surface area contributed by atoms with Crippen molar-refractivity contribution in [1.29, 1.82) is 5.26 Å². The molecule has 1 aromatic carbocycles. The average molecular weight is 395 g/mol. The highest BCUT2D eigenvalue weighted by atomic mass is 32.2. The van der Waals surface area contributed by atoms with Crippen LogP contribution in [0.5, 0.6) is 0 Å². The number of aromatic nitrogens is 1. The van der Waals surface area contributed by atoms with Crippen LogP contribution in [-0.2, 0) is 17.6 Å². The fourth-order valence-electron chi connectivity index (χ4n) is 3.26. The van der Waals surface area contributed by atoms with Crippen LogP contribution in [0.3, 0.4) is 0 Å². The van der Waals surface area contributed by atoms with Gasteiger partial charge in [0.05, 0.1) is 22.6 Å². The summed E-state index contributed by atoms with van der Waals surface area (Å²) in [5.41, 5.74) is 2.95. The summed E-state index contributed by atoms with van der Waals surface area (Å²) in [6, 6.07) is 10.4. The van der Waals surface area contributed by atoms with E-state index in [1.807, 2.05) is 6.07 Å². The molecule has 6 nitrogen and oxygen atoms in total. The number of hydrogen-bond donors (Lipinski definition) is 2. The molecule has 2 N–H and O–H groups in total. The normalized spacial score (nSPS) is 13.5. The first kappa shape index (κ1) is 19.9. The maximum atomic E-state index is 12.3. The van der Waals surface area contributed by atoms with E-state index in [2.05, 4.69) is 16.4 Å². The summed E-state index contributed by atoms with van der Waals surface area (Å²) in [6.07, 6.45) is 6.42. The first-order valence-corrected chi connectivity index (χ1v) is 10.2. The van der Waals surface area contributed by atoms with E-state index in [0.717, 1.165) is 36.9 Å². The Bertz CT molecular complexity index is 937. The third-order valence-electron chi connectivity index (χ3n) is 4.66. The van der Waals surface area contributed by atoms with Crippen LogP contribution in [-0.4, -0.2) is 27.7 Å². The molecule has 0 fully saturated rings. The van der Waals surface area contributed by atoms with Crippen LogP contribution in [0.4, 0.5) is 5.69 Å². The number of anilines is 1. The van der Waals surface area contributed by atoms with Crippen molar-refractivity contribution in [2.45, 2.75) is 43.6 Å². The van der Waals surface area contributed by atoms with Gasteiger partial charge in [-0.25, -0.2) is 9.78 Å². The van der Waals surface area contributed by atoms with Crippen molar-refractivity contribution in [2.24, 2.45) is 0 Å². The summed E-state index contributed by atoms with van der Waals surface area (Å²) in [7, 11) is 0. The Hall–Kier alpha value is -2.85. The van der Waals surface area contributed by atoms with Crippen molar-refractivity contribution < 1.29 is 14.7 Å². The molecule has 0 saturated carbocycles. The van der Waals surface area contributed by atoms with Gasteiger partial charge in [-0.2, -0.15) is 5.26 Å². The molecule has 0 bridgehead atoms. The monoisotopic (exact) mass is 395 g/mol. The maximum absolute atomic E-state index is 12.3. The van der Waals surface area contributed by atoms with Gasteiger partial charge in [-0.1, -0.05) is 36.7 Å². The number of nitriles is 1. The highest BCUT2D eigenvalue weighted by molar-refractivity contribution is 8.00. The molecule has 1 amide bonds. The van der Waals surface area contributed by atoms with Crippen molar-refractivity contribution in [3.8, 4) is 6.07 Å². The second-order valence-electron chi connectivity index (χ2n) is 6.66. The number of aryl methyl sites for hydroxylation is 2. The van der Waals surface area contributed by atoms with E-state index >= 15 is 0 Å². The number of carbonyl (C=O) groups excluding carboxylic acids is 1. The number of rotatable bonds is 5. The Morgan fingerprint density at radius 1 is 1.18 bits per heavy atom. The fourth-order valence-corrected chi connectivity index (χ4v) is 4.03. The molecule has 1 aliphatic carbocycles. The Kier molecular flexibility index (Phi) is 6.66. The van der Waals surface area contributed by atoms with Crippen molar-refractivity contribution in [3.05, 3.63) is 52.7 Å². The zero-order valence-corrected chi connectivity index (χ0v) is 16.2. The van der Waals surface area contributed by atoms with Gasteiger partial charge in [0.25, 0.3) is 0 Å². The number of amides is 1. The molecule has 144 valence electrons. The minimum Gasteiger partial charge on any atom is -0.478 e. The van der Waals surface area contributed by atoms with Crippen LogP contribution in [0.15, 0.2) is 35.4 Å². The van der Waals surface area contributed by atoms with E-state index in [1.165, 1.54) is 30.7 Å². The van der Waals surface area contributed by atoms with Crippen LogP contribution < -0.4 is 5.32 Å². The Morgan fingerprint density at radius 2 is 1.93 bits per heavy atom. The van der Waals surface area contributed by atoms with Crippen LogP contribution >= 0.6 is 11.8 Å². The second kappa shape index (κ2) is 9.38. The highest BCUT2D eigenvalue weighted by Crippen LogP contribution is 2.27. The largest absolute Gasteiger partial charge is 0.478 e. The lowest BCUT2D eigenvalue weighted by Crippen LogP contribution is -2.17. The molecule has 28 heavy (non-hydrogen) atoms. The first-order valence-electron chi connectivity index (χ1n) is 9.26. The van der Waals surface area contributed by atoms with Gasteiger partial charge in [0.15, 0.2) is 0 Å². The zero-order valence-electron chi connectivity index (χ0n) is 15.4. The molecule has 0 spiro atoms. The summed E-state index contributed by atoms with van der Waals surface area (Å²) in [5.74, 6) is -1.39. The van der Waals surface area contributed by atoms with Gasteiger partial charge in [-0.3, -0.25) is 4.79 Å². The molecule has 0 unspecified atom stereocenters. The molecule has 2 aromatic rings. The van der Waals surface area contributed by atoms with Gasteiger partial charge in [0.1, 0.15) is 11.1 Å². The topological polar surface area (TPSA) is 103 Å². The number of carboxylic acids is 1. The summed E-state index contributed by atoms with van der Waals surface area (Å²) >= 11 is 1.20. The number of para-hydroxylation sites is 1. The van der Waals surface area contributed by atoms with Crippen molar-refractivity contribution in [1.82, 2.24) is 4.98 Å². The van der Waals surface area contributed by atoms with Gasteiger partial charge >= 0.3 is 5.97 Å². The van der Waals surface area contributed by atoms with Crippen LogP contribution in [0, 0.1) is 11.3 Å². The number of carbonyl (C=O) groups is 2.